The number of guanidine groups is 1. The average Bonchev–Trinajstić information content (AvgIpc) is 2.21. The highest BCUT2D eigenvalue weighted by molar-refractivity contribution is 6.42. The number of hydrogen-bond donors (Lipinski definition) is 3. The van der Waals surface area contributed by atoms with Crippen molar-refractivity contribution in [2.24, 2.45) is 10.8 Å². The van der Waals surface area contributed by atoms with Gasteiger partial charge in [-0.2, -0.15) is 0 Å². The van der Waals surface area contributed by atoms with Crippen molar-refractivity contribution >= 4 is 46.4 Å². The first-order valence-electron chi connectivity index (χ1n) is 4.51. The van der Waals surface area contributed by atoms with E-state index in [1.165, 1.54) is 0 Å². The molecule has 88 valence electrons. The lowest BCUT2D eigenvalue weighted by Crippen LogP contribution is -2.36. The Hall–Kier alpha value is -0.680. The van der Waals surface area contributed by atoms with Crippen LogP contribution in [0.2, 0.25) is 15.1 Å². The Labute approximate surface area is 109 Å². The van der Waals surface area contributed by atoms with Gasteiger partial charge < -0.3 is 5.32 Å². The number of aliphatic imine (C=N–C) groups is 1. The number of hydrazine groups is 1. The molecule has 0 aliphatic heterocycles. The summed E-state index contributed by atoms with van der Waals surface area (Å²) in [4.78, 5) is 4.06. The van der Waals surface area contributed by atoms with Crippen LogP contribution in [0.1, 0.15) is 6.92 Å². The highest BCUT2D eigenvalue weighted by Crippen LogP contribution is 2.33. The zero-order chi connectivity index (χ0) is 12.1. The molecule has 16 heavy (non-hydrogen) atoms. The number of anilines is 1. The Morgan fingerprint density at radius 3 is 2.31 bits per heavy atom. The molecule has 1 aromatic carbocycles. The zero-order valence-corrected chi connectivity index (χ0v) is 10.8. The van der Waals surface area contributed by atoms with Crippen LogP contribution < -0.4 is 16.6 Å². The van der Waals surface area contributed by atoms with Gasteiger partial charge in [-0.3, -0.25) is 10.4 Å². The minimum Gasteiger partial charge on any atom is -0.323 e. The van der Waals surface area contributed by atoms with Crippen LogP contribution in [0.25, 0.3) is 0 Å². The smallest absolute Gasteiger partial charge is 0.210 e. The zero-order valence-electron chi connectivity index (χ0n) is 8.52. The molecule has 1 aromatic rings. The van der Waals surface area contributed by atoms with Gasteiger partial charge in [0.15, 0.2) is 0 Å². The first-order valence-corrected chi connectivity index (χ1v) is 5.64. The molecule has 0 fully saturated rings. The molecule has 0 aliphatic carbocycles. The summed E-state index contributed by atoms with van der Waals surface area (Å²) in [5.41, 5.74) is 2.92. The standard InChI is InChI=1S/C9H11Cl3N4/c1-2-14-9(16-13)15-8-6(11)3-5(10)4-7(8)12/h3-4H,2,13H2,1H3,(H2,14,15,16). The number of rotatable bonds is 2. The molecule has 4 nitrogen and oxygen atoms in total. The normalized spacial score (nSPS) is 11.4. The van der Waals surface area contributed by atoms with Crippen LogP contribution >= 0.6 is 34.8 Å². The van der Waals surface area contributed by atoms with Gasteiger partial charge in [-0.1, -0.05) is 34.8 Å². The van der Waals surface area contributed by atoms with Crippen LogP contribution in [-0.4, -0.2) is 12.5 Å². The molecule has 7 heteroatoms. The summed E-state index contributed by atoms with van der Waals surface area (Å²) in [7, 11) is 0. The minimum atomic E-state index is 0.383. The largest absolute Gasteiger partial charge is 0.323 e. The summed E-state index contributed by atoms with van der Waals surface area (Å²) in [6.07, 6.45) is 0. The Kier molecular flexibility index (Phi) is 5.15. The second kappa shape index (κ2) is 6.15. The molecule has 0 saturated carbocycles. The summed E-state index contributed by atoms with van der Waals surface area (Å²) < 4.78 is 0. The van der Waals surface area contributed by atoms with E-state index in [9.17, 15) is 0 Å². The monoisotopic (exact) mass is 280 g/mol. The Morgan fingerprint density at radius 2 is 1.88 bits per heavy atom. The third-order valence-corrected chi connectivity index (χ3v) is 2.52. The van der Waals surface area contributed by atoms with Crippen LogP contribution in [0.4, 0.5) is 5.69 Å². The lowest BCUT2D eigenvalue weighted by Gasteiger charge is -2.12. The van der Waals surface area contributed by atoms with Crippen LogP contribution in [-0.2, 0) is 0 Å². The third-order valence-electron chi connectivity index (χ3n) is 1.70. The van der Waals surface area contributed by atoms with Crippen molar-refractivity contribution in [3.8, 4) is 0 Å². The van der Waals surface area contributed by atoms with E-state index in [2.05, 4.69) is 15.7 Å². The number of benzene rings is 1. The van der Waals surface area contributed by atoms with E-state index in [1.807, 2.05) is 6.92 Å². The van der Waals surface area contributed by atoms with E-state index in [0.717, 1.165) is 0 Å². The molecule has 0 amide bonds. The Balaban J connectivity index is 3.01. The summed E-state index contributed by atoms with van der Waals surface area (Å²) in [6.45, 7) is 2.46. The third kappa shape index (κ3) is 3.42. The minimum absolute atomic E-state index is 0.383. The van der Waals surface area contributed by atoms with E-state index in [0.29, 0.717) is 33.3 Å². The van der Waals surface area contributed by atoms with Crippen LogP contribution in [0.3, 0.4) is 0 Å². The number of nitrogens with one attached hydrogen (secondary N) is 2. The molecule has 0 spiro atoms. The number of nitrogens with zero attached hydrogens (tertiary/aromatic N) is 1. The van der Waals surface area contributed by atoms with Crippen molar-refractivity contribution in [1.29, 1.82) is 0 Å². The predicted molar refractivity (Wildman–Crippen MR) is 70.4 cm³/mol. The molecule has 1 rings (SSSR count). The molecule has 0 radical (unpaired) electrons. The van der Waals surface area contributed by atoms with Crippen LogP contribution in [0, 0.1) is 0 Å². The van der Waals surface area contributed by atoms with Gasteiger partial charge in [-0.05, 0) is 19.1 Å². The lowest BCUT2D eigenvalue weighted by molar-refractivity contribution is 0.986. The maximum Gasteiger partial charge on any atom is 0.210 e. The molecular weight excluding hydrogens is 270 g/mol. The van der Waals surface area contributed by atoms with E-state index in [-0.39, 0.29) is 0 Å². The summed E-state index contributed by atoms with van der Waals surface area (Å²) in [5, 5.41) is 4.15. The second-order valence-electron chi connectivity index (χ2n) is 2.84. The average molecular weight is 282 g/mol. The van der Waals surface area contributed by atoms with Crippen LogP contribution in [0.5, 0.6) is 0 Å². The first kappa shape index (κ1) is 13.4. The molecule has 0 bridgehead atoms. The van der Waals surface area contributed by atoms with Crippen molar-refractivity contribution in [1.82, 2.24) is 5.43 Å². The Bertz CT molecular complexity index is 383. The highest BCUT2D eigenvalue weighted by Gasteiger charge is 2.09. The van der Waals surface area contributed by atoms with Gasteiger partial charge in [-0.25, -0.2) is 5.84 Å². The maximum atomic E-state index is 5.98. The van der Waals surface area contributed by atoms with E-state index in [4.69, 9.17) is 40.6 Å². The van der Waals surface area contributed by atoms with Gasteiger partial charge in [0.25, 0.3) is 0 Å². The highest BCUT2D eigenvalue weighted by atomic mass is 35.5. The number of hydrogen-bond acceptors (Lipinski definition) is 2. The van der Waals surface area contributed by atoms with Gasteiger partial charge in [0.2, 0.25) is 5.96 Å². The predicted octanol–water partition coefficient (Wildman–Crippen LogP) is 2.90. The lowest BCUT2D eigenvalue weighted by atomic mass is 10.3. The van der Waals surface area contributed by atoms with Crippen molar-refractivity contribution in [2.45, 2.75) is 6.92 Å². The molecule has 0 aromatic heterocycles. The van der Waals surface area contributed by atoms with Gasteiger partial charge in [-0.15, -0.1) is 0 Å². The SMILES string of the molecule is CCN=C(NN)Nc1c(Cl)cc(Cl)cc1Cl. The van der Waals surface area contributed by atoms with Crippen molar-refractivity contribution in [2.75, 3.05) is 11.9 Å². The fraction of sp³-hybridized carbons (Fsp3) is 0.222. The maximum absolute atomic E-state index is 5.98. The van der Waals surface area contributed by atoms with Gasteiger partial charge in [0, 0.05) is 11.6 Å². The van der Waals surface area contributed by atoms with Crippen molar-refractivity contribution < 1.29 is 0 Å². The van der Waals surface area contributed by atoms with E-state index in [1.54, 1.807) is 12.1 Å². The molecule has 0 saturated heterocycles. The summed E-state index contributed by atoms with van der Waals surface area (Å²) >= 11 is 17.7. The first-order chi connectivity index (χ1) is 7.58. The Morgan fingerprint density at radius 1 is 1.31 bits per heavy atom. The van der Waals surface area contributed by atoms with Crippen LogP contribution in [0.15, 0.2) is 17.1 Å². The van der Waals surface area contributed by atoms with Crippen molar-refractivity contribution in [3.63, 3.8) is 0 Å². The molecule has 4 N–H and O–H groups in total. The number of nitrogens with two attached hydrogens (primary N) is 1. The molecule has 0 heterocycles. The fourth-order valence-electron chi connectivity index (χ4n) is 1.06. The van der Waals surface area contributed by atoms with E-state index >= 15 is 0 Å². The van der Waals surface area contributed by atoms with Gasteiger partial charge in [0.05, 0.1) is 15.7 Å². The summed E-state index contributed by atoms with van der Waals surface area (Å²) in [6, 6.07) is 3.16. The number of halogens is 3. The quantitative estimate of drug-likeness (QED) is 0.338. The molecule has 0 unspecified atom stereocenters. The van der Waals surface area contributed by atoms with Crippen molar-refractivity contribution in [3.05, 3.63) is 27.2 Å². The molecule has 0 aliphatic rings. The fourth-order valence-corrected chi connectivity index (χ4v) is 1.97. The molecule has 0 atom stereocenters. The second-order valence-corrected chi connectivity index (χ2v) is 4.09. The molecular formula is C9H11Cl3N4. The van der Waals surface area contributed by atoms with E-state index < -0.39 is 0 Å². The van der Waals surface area contributed by atoms with Gasteiger partial charge in [0.1, 0.15) is 0 Å². The van der Waals surface area contributed by atoms with Gasteiger partial charge >= 0.3 is 0 Å². The topological polar surface area (TPSA) is 62.4 Å². The summed E-state index contributed by atoms with van der Waals surface area (Å²) in [5.74, 6) is 5.66.